The number of rotatable bonds is 10. The van der Waals surface area contributed by atoms with Crippen LogP contribution in [0.2, 0.25) is 0 Å². The van der Waals surface area contributed by atoms with Gasteiger partial charge in [0.2, 0.25) is 7.37 Å². The number of carbonyl (C=O) groups excluding carboxylic acids is 2. The smallest absolute Gasteiger partial charge is 0.419 e. The quantitative estimate of drug-likeness (QED) is 0.190. The third kappa shape index (κ3) is 9.92. The first-order valence-corrected chi connectivity index (χ1v) is 17.9. The Bertz CT molecular complexity index is 978. The molecule has 1 aliphatic heterocycles. The minimum atomic E-state index is -3.65. The van der Waals surface area contributed by atoms with E-state index in [4.69, 9.17) is 14.0 Å². The van der Waals surface area contributed by atoms with Gasteiger partial charge in [0.1, 0.15) is 11.2 Å². The fraction of sp³-hybridized carbons (Fsp3) is 0.906. The van der Waals surface area contributed by atoms with Gasteiger partial charge in [-0.15, -0.1) is 0 Å². The molecule has 10 nitrogen and oxygen atoms in total. The van der Waals surface area contributed by atoms with E-state index in [1.807, 2.05) is 20.8 Å². The van der Waals surface area contributed by atoms with Crippen molar-refractivity contribution in [2.45, 2.75) is 143 Å². The molecular weight excluding hydrogens is 571 g/mol. The second kappa shape index (κ2) is 14.6. The summed E-state index contributed by atoms with van der Waals surface area (Å²) < 4.78 is 31.6. The molecule has 3 unspecified atom stereocenters. The highest BCUT2D eigenvalue weighted by Crippen LogP contribution is 2.67. The second-order valence-electron chi connectivity index (χ2n) is 15.4. The Balaban J connectivity index is 2.40. The zero-order chi connectivity index (χ0) is 32.9. The van der Waals surface area contributed by atoms with Crippen LogP contribution in [-0.2, 0) is 23.4 Å². The van der Waals surface area contributed by atoms with Crippen LogP contribution in [0.15, 0.2) is 0 Å². The first-order valence-electron chi connectivity index (χ1n) is 16.1. The van der Waals surface area contributed by atoms with Gasteiger partial charge in [-0.05, 0) is 91.9 Å². The van der Waals surface area contributed by atoms with Crippen molar-refractivity contribution >= 4 is 25.5 Å². The number of carboxylic acid groups (broad SMARTS) is 1. The summed E-state index contributed by atoms with van der Waals surface area (Å²) in [7, 11) is -3.65. The standard InChI is InChI=1S/C32H59N2O8P/c1-11-40-43(39)22-21-33(23-24-17-13-12-14-18-24)25(29(2,3)4)32(43,26(35)36)19-15-16-20-34(27(37)41-30(5,6)7)28(38)42-31(8,9)10/h24-25H,11-23H2,1-10H3,(H,35,36). The normalized spacial score (nSPS) is 26.1. The number of carboxylic acids is 1. The molecular formula is C32H59N2O8P. The fourth-order valence-electron chi connectivity index (χ4n) is 6.86. The molecule has 1 aliphatic carbocycles. The van der Waals surface area contributed by atoms with Crippen LogP contribution in [0.25, 0.3) is 0 Å². The van der Waals surface area contributed by atoms with Gasteiger partial charge in [0.05, 0.1) is 6.61 Å². The van der Waals surface area contributed by atoms with E-state index < -0.39 is 53.3 Å². The van der Waals surface area contributed by atoms with E-state index in [2.05, 4.69) is 4.90 Å². The molecule has 0 aromatic heterocycles. The minimum Gasteiger partial charge on any atom is -0.480 e. The Morgan fingerprint density at radius 3 is 1.88 bits per heavy atom. The highest BCUT2D eigenvalue weighted by molar-refractivity contribution is 7.62. The van der Waals surface area contributed by atoms with Crippen molar-refractivity contribution in [2.24, 2.45) is 11.3 Å². The van der Waals surface area contributed by atoms with E-state index in [1.54, 1.807) is 48.5 Å². The van der Waals surface area contributed by atoms with Gasteiger partial charge in [0, 0.05) is 31.8 Å². The molecule has 1 saturated carbocycles. The maximum Gasteiger partial charge on any atom is 0.419 e. The zero-order valence-corrected chi connectivity index (χ0v) is 29.4. The molecule has 11 heteroatoms. The van der Waals surface area contributed by atoms with Gasteiger partial charge >= 0.3 is 18.2 Å². The first kappa shape index (κ1) is 37.5. The van der Waals surface area contributed by atoms with Crippen LogP contribution in [0.5, 0.6) is 0 Å². The van der Waals surface area contributed by atoms with Crippen LogP contribution in [0, 0.1) is 11.3 Å². The summed E-state index contributed by atoms with van der Waals surface area (Å²) in [6, 6.07) is -0.515. The summed E-state index contributed by atoms with van der Waals surface area (Å²) in [6.07, 6.45) is 5.11. The lowest BCUT2D eigenvalue weighted by Gasteiger charge is -2.56. The Morgan fingerprint density at radius 2 is 1.44 bits per heavy atom. The van der Waals surface area contributed by atoms with E-state index in [0.29, 0.717) is 25.3 Å². The maximum atomic E-state index is 14.7. The van der Waals surface area contributed by atoms with Gasteiger partial charge in [-0.25, -0.2) is 14.5 Å². The van der Waals surface area contributed by atoms with Crippen LogP contribution in [0.1, 0.15) is 121 Å². The second-order valence-corrected chi connectivity index (χ2v) is 18.2. The summed E-state index contributed by atoms with van der Waals surface area (Å²) in [5.41, 5.74) is -2.14. The molecule has 1 N–H and O–H groups in total. The van der Waals surface area contributed by atoms with Crippen molar-refractivity contribution in [3.8, 4) is 0 Å². The third-order valence-corrected chi connectivity index (χ3v) is 11.6. The van der Waals surface area contributed by atoms with E-state index in [0.717, 1.165) is 24.3 Å². The van der Waals surface area contributed by atoms with Crippen molar-refractivity contribution in [3.05, 3.63) is 0 Å². The van der Waals surface area contributed by atoms with Gasteiger partial charge in [-0.2, -0.15) is 0 Å². The maximum absolute atomic E-state index is 14.7. The Kier molecular flexibility index (Phi) is 12.8. The molecule has 2 amide bonds. The molecule has 2 rings (SSSR count). The SMILES string of the molecule is CCOP1(=O)CCN(CC2CCCCC2)C(C(C)(C)C)C1(CCCCN(C(=O)OC(C)(C)C)C(=O)OC(C)(C)C)C(=O)O. The number of carbonyl (C=O) groups is 3. The van der Waals surface area contributed by atoms with Crippen molar-refractivity contribution in [1.29, 1.82) is 0 Å². The Morgan fingerprint density at radius 1 is 0.907 bits per heavy atom. The molecule has 0 spiro atoms. The van der Waals surface area contributed by atoms with Crippen LogP contribution in [0.3, 0.4) is 0 Å². The van der Waals surface area contributed by atoms with Crippen molar-refractivity contribution in [2.75, 3.05) is 32.4 Å². The lowest BCUT2D eigenvalue weighted by molar-refractivity contribution is -0.146. The monoisotopic (exact) mass is 630 g/mol. The summed E-state index contributed by atoms with van der Waals surface area (Å²) in [4.78, 5) is 42.7. The Hall–Kier alpha value is -1.64. The van der Waals surface area contributed by atoms with Crippen LogP contribution < -0.4 is 0 Å². The van der Waals surface area contributed by atoms with E-state index in [1.165, 1.54) is 19.3 Å². The third-order valence-electron chi connectivity index (χ3n) is 8.27. The number of hydrogen-bond acceptors (Lipinski definition) is 8. The number of unbranched alkanes of at least 4 members (excludes halogenated alkanes) is 1. The molecule has 1 heterocycles. The molecule has 1 saturated heterocycles. The molecule has 0 radical (unpaired) electrons. The number of nitrogens with zero attached hydrogens (tertiary/aromatic N) is 2. The number of aliphatic carboxylic acids is 1. The number of amides is 2. The predicted molar refractivity (Wildman–Crippen MR) is 169 cm³/mol. The van der Waals surface area contributed by atoms with Gasteiger partial charge in [-0.1, -0.05) is 40.0 Å². The predicted octanol–water partition coefficient (Wildman–Crippen LogP) is 7.78. The Labute approximate surface area is 260 Å². The first-order chi connectivity index (χ1) is 19.7. The van der Waals surface area contributed by atoms with Gasteiger partial charge in [0.15, 0.2) is 5.16 Å². The number of imide groups is 1. The number of ether oxygens (including phenoxy) is 2. The van der Waals surface area contributed by atoms with Crippen molar-refractivity contribution < 1.29 is 38.1 Å². The summed E-state index contributed by atoms with van der Waals surface area (Å²) in [5.74, 6) is -0.611. The molecule has 250 valence electrons. The highest BCUT2D eigenvalue weighted by atomic mass is 31.2. The van der Waals surface area contributed by atoms with Gasteiger partial charge in [0.25, 0.3) is 0 Å². The molecule has 2 aliphatic rings. The highest BCUT2D eigenvalue weighted by Gasteiger charge is 2.66. The van der Waals surface area contributed by atoms with E-state index in [-0.39, 0.29) is 25.7 Å². The van der Waals surface area contributed by atoms with Crippen molar-refractivity contribution in [1.82, 2.24) is 9.80 Å². The fourth-order valence-corrected chi connectivity index (χ4v) is 10.3. The van der Waals surface area contributed by atoms with Crippen molar-refractivity contribution in [3.63, 3.8) is 0 Å². The largest absolute Gasteiger partial charge is 0.480 e. The van der Waals surface area contributed by atoms with Gasteiger partial charge in [-0.3, -0.25) is 14.3 Å². The summed E-state index contributed by atoms with van der Waals surface area (Å²) in [6.45, 7) is 19.6. The average molecular weight is 631 g/mol. The molecule has 0 aromatic carbocycles. The molecule has 0 bridgehead atoms. The molecule has 3 atom stereocenters. The van der Waals surface area contributed by atoms with Crippen LogP contribution >= 0.6 is 7.37 Å². The summed E-state index contributed by atoms with van der Waals surface area (Å²) in [5, 5.41) is 9.38. The minimum absolute atomic E-state index is 0.0234. The zero-order valence-electron chi connectivity index (χ0n) is 28.5. The van der Waals surface area contributed by atoms with Crippen LogP contribution in [-0.4, -0.2) is 87.9 Å². The van der Waals surface area contributed by atoms with E-state index >= 15 is 0 Å². The molecule has 43 heavy (non-hydrogen) atoms. The molecule has 0 aromatic rings. The molecule has 2 fully saturated rings. The number of hydrogen-bond donors (Lipinski definition) is 1. The van der Waals surface area contributed by atoms with E-state index in [9.17, 15) is 24.1 Å². The lowest BCUT2D eigenvalue weighted by Crippen LogP contribution is -2.66. The van der Waals surface area contributed by atoms with Gasteiger partial charge < -0.3 is 19.1 Å². The van der Waals surface area contributed by atoms with Crippen LogP contribution in [0.4, 0.5) is 9.59 Å². The lowest BCUT2D eigenvalue weighted by atomic mass is 9.74. The average Bonchev–Trinajstić information content (AvgIpc) is 2.83. The topological polar surface area (TPSA) is 123 Å². The summed E-state index contributed by atoms with van der Waals surface area (Å²) >= 11 is 0.